The predicted molar refractivity (Wildman–Crippen MR) is 91.5 cm³/mol. The molecule has 2 aromatic heterocycles. The summed E-state index contributed by atoms with van der Waals surface area (Å²) in [6.45, 7) is 3.91. The second-order valence-electron chi connectivity index (χ2n) is 5.50. The number of ether oxygens (including phenoxy) is 1. The molecule has 0 aliphatic heterocycles. The van der Waals surface area contributed by atoms with Gasteiger partial charge in [0.05, 0.1) is 16.6 Å². The Labute approximate surface area is 138 Å². The molecule has 0 aliphatic carbocycles. The van der Waals surface area contributed by atoms with Gasteiger partial charge in [0, 0.05) is 11.1 Å². The lowest BCUT2D eigenvalue weighted by atomic mass is 10.2. The van der Waals surface area contributed by atoms with Crippen molar-refractivity contribution in [2.75, 3.05) is 0 Å². The molecule has 2 aromatic carbocycles. The largest absolute Gasteiger partial charge is 0.438 e. The molecule has 0 saturated carbocycles. The highest BCUT2D eigenvalue weighted by molar-refractivity contribution is 6.30. The maximum atomic E-state index is 6.08. The molecule has 2 heterocycles. The van der Waals surface area contributed by atoms with E-state index in [9.17, 15) is 0 Å². The highest BCUT2D eigenvalue weighted by Gasteiger charge is 2.12. The van der Waals surface area contributed by atoms with Crippen LogP contribution in [-0.2, 0) is 0 Å². The van der Waals surface area contributed by atoms with Crippen molar-refractivity contribution in [3.05, 3.63) is 64.8 Å². The van der Waals surface area contributed by atoms with Gasteiger partial charge in [0.25, 0.3) is 0 Å². The average molecular weight is 324 g/mol. The summed E-state index contributed by atoms with van der Waals surface area (Å²) >= 11 is 6.01. The van der Waals surface area contributed by atoms with Crippen molar-refractivity contribution in [1.82, 2.24) is 14.6 Å². The van der Waals surface area contributed by atoms with E-state index in [2.05, 4.69) is 10.1 Å². The third-order valence-corrected chi connectivity index (χ3v) is 3.97. The van der Waals surface area contributed by atoms with Crippen LogP contribution in [0.25, 0.3) is 16.6 Å². The summed E-state index contributed by atoms with van der Waals surface area (Å²) in [6.07, 6.45) is 0. The molecule has 23 heavy (non-hydrogen) atoms. The Balaban J connectivity index is 1.94. The van der Waals surface area contributed by atoms with Crippen molar-refractivity contribution in [1.29, 1.82) is 0 Å². The SMILES string of the molecule is Cc1cc2nc(Oc3ccc(Cl)cc3C)c3ccccc3n2n1. The van der Waals surface area contributed by atoms with E-state index in [1.165, 1.54) is 0 Å². The first-order chi connectivity index (χ1) is 11.1. The van der Waals surface area contributed by atoms with E-state index in [1.807, 2.05) is 66.9 Å². The molecular formula is C18H14ClN3O. The van der Waals surface area contributed by atoms with Gasteiger partial charge in [-0.15, -0.1) is 0 Å². The number of fused-ring (bicyclic) bond motifs is 3. The van der Waals surface area contributed by atoms with Crippen LogP contribution in [0, 0.1) is 13.8 Å². The molecule has 4 aromatic rings. The predicted octanol–water partition coefficient (Wildman–Crippen LogP) is 4.95. The van der Waals surface area contributed by atoms with Gasteiger partial charge in [-0.25, -0.2) is 4.52 Å². The normalized spacial score (nSPS) is 11.3. The third kappa shape index (κ3) is 2.41. The highest BCUT2D eigenvalue weighted by Crippen LogP contribution is 2.31. The number of nitrogens with zero attached hydrogens (tertiary/aromatic N) is 3. The molecule has 0 unspecified atom stereocenters. The molecule has 0 aliphatic rings. The highest BCUT2D eigenvalue weighted by atomic mass is 35.5. The Morgan fingerprint density at radius 2 is 1.87 bits per heavy atom. The number of benzene rings is 2. The number of hydrogen-bond donors (Lipinski definition) is 0. The molecule has 0 saturated heterocycles. The Bertz CT molecular complexity index is 1040. The number of hydrogen-bond acceptors (Lipinski definition) is 3. The van der Waals surface area contributed by atoms with Gasteiger partial charge in [-0.05, 0) is 49.7 Å². The molecule has 4 nitrogen and oxygen atoms in total. The van der Waals surface area contributed by atoms with Gasteiger partial charge in [0.1, 0.15) is 5.75 Å². The second-order valence-corrected chi connectivity index (χ2v) is 5.94. The Morgan fingerprint density at radius 1 is 1.04 bits per heavy atom. The van der Waals surface area contributed by atoms with Gasteiger partial charge < -0.3 is 4.74 Å². The molecule has 4 rings (SSSR count). The number of aryl methyl sites for hydroxylation is 2. The van der Waals surface area contributed by atoms with Gasteiger partial charge in [0.15, 0.2) is 5.65 Å². The zero-order chi connectivity index (χ0) is 16.0. The molecular weight excluding hydrogens is 310 g/mol. The minimum Gasteiger partial charge on any atom is -0.438 e. The summed E-state index contributed by atoms with van der Waals surface area (Å²) in [5.41, 5.74) is 3.62. The van der Waals surface area contributed by atoms with Crippen LogP contribution in [0.2, 0.25) is 5.02 Å². The quantitative estimate of drug-likeness (QED) is 0.524. The molecule has 5 heteroatoms. The van der Waals surface area contributed by atoms with Crippen LogP contribution in [-0.4, -0.2) is 14.6 Å². The van der Waals surface area contributed by atoms with Crippen LogP contribution in [0.4, 0.5) is 0 Å². The molecule has 0 fully saturated rings. The summed E-state index contributed by atoms with van der Waals surface area (Å²) in [6, 6.07) is 15.4. The number of halogens is 1. The molecule has 0 amide bonds. The molecule has 0 radical (unpaired) electrons. The van der Waals surface area contributed by atoms with Crippen LogP contribution < -0.4 is 4.74 Å². The van der Waals surface area contributed by atoms with Crippen molar-refractivity contribution in [2.45, 2.75) is 13.8 Å². The van der Waals surface area contributed by atoms with E-state index in [0.29, 0.717) is 10.9 Å². The van der Waals surface area contributed by atoms with E-state index in [1.54, 1.807) is 0 Å². The lowest BCUT2D eigenvalue weighted by molar-refractivity contribution is 0.466. The molecule has 114 valence electrons. The maximum Gasteiger partial charge on any atom is 0.230 e. The topological polar surface area (TPSA) is 39.4 Å². The van der Waals surface area contributed by atoms with E-state index in [-0.39, 0.29) is 0 Å². The van der Waals surface area contributed by atoms with E-state index >= 15 is 0 Å². The van der Waals surface area contributed by atoms with Crippen LogP contribution in [0.1, 0.15) is 11.3 Å². The zero-order valence-electron chi connectivity index (χ0n) is 12.7. The van der Waals surface area contributed by atoms with Crippen molar-refractivity contribution >= 4 is 28.2 Å². The first-order valence-electron chi connectivity index (χ1n) is 7.31. The molecule has 0 bridgehead atoms. The Morgan fingerprint density at radius 3 is 2.70 bits per heavy atom. The fourth-order valence-electron chi connectivity index (χ4n) is 2.66. The second kappa shape index (κ2) is 5.25. The minimum absolute atomic E-state index is 0.568. The Kier molecular flexibility index (Phi) is 3.20. The Hall–Kier alpha value is -2.59. The maximum absolute atomic E-state index is 6.08. The average Bonchev–Trinajstić information content (AvgIpc) is 2.90. The van der Waals surface area contributed by atoms with Crippen molar-refractivity contribution in [3.63, 3.8) is 0 Å². The minimum atomic E-state index is 0.568. The summed E-state index contributed by atoms with van der Waals surface area (Å²) in [5, 5.41) is 6.10. The number of rotatable bonds is 2. The third-order valence-electron chi connectivity index (χ3n) is 3.74. The molecule has 0 atom stereocenters. The van der Waals surface area contributed by atoms with E-state index < -0.39 is 0 Å². The fraction of sp³-hybridized carbons (Fsp3) is 0.111. The summed E-state index contributed by atoms with van der Waals surface area (Å²) < 4.78 is 7.92. The lowest BCUT2D eigenvalue weighted by Gasteiger charge is -2.11. The van der Waals surface area contributed by atoms with Crippen LogP contribution >= 0.6 is 11.6 Å². The lowest BCUT2D eigenvalue weighted by Crippen LogP contribution is -1.98. The van der Waals surface area contributed by atoms with Crippen LogP contribution in [0.3, 0.4) is 0 Å². The standard InChI is InChI=1S/C18H14ClN3O/c1-11-9-13(19)7-8-16(11)23-18-14-5-3-4-6-15(14)22-17(20-18)10-12(2)21-22/h3-10H,1-2H3. The van der Waals surface area contributed by atoms with E-state index in [4.69, 9.17) is 16.3 Å². The number of aromatic nitrogens is 3. The summed E-state index contributed by atoms with van der Waals surface area (Å²) in [4.78, 5) is 4.63. The smallest absolute Gasteiger partial charge is 0.230 e. The van der Waals surface area contributed by atoms with Crippen LogP contribution in [0.5, 0.6) is 11.6 Å². The molecule has 0 spiro atoms. The first kappa shape index (κ1) is 14.0. The van der Waals surface area contributed by atoms with E-state index in [0.717, 1.165) is 33.6 Å². The van der Waals surface area contributed by atoms with Gasteiger partial charge in [-0.3, -0.25) is 0 Å². The monoisotopic (exact) mass is 323 g/mol. The van der Waals surface area contributed by atoms with Gasteiger partial charge in [-0.1, -0.05) is 23.7 Å². The van der Waals surface area contributed by atoms with Crippen molar-refractivity contribution in [2.24, 2.45) is 0 Å². The molecule has 0 N–H and O–H groups in total. The fourth-order valence-corrected chi connectivity index (χ4v) is 2.88. The summed E-state index contributed by atoms with van der Waals surface area (Å²) in [7, 11) is 0. The van der Waals surface area contributed by atoms with Gasteiger partial charge >= 0.3 is 0 Å². The van der Waals surface area contributed by atoms with Gasteiger partial charge in [0.2, 0.25) is 5.88 Å². The van der Waals surface area contributed by atoms with Gasteiger partial charge in [-0.2, -0.15) is 10.1 Å². The summed E-state index contributed by atoms with van der Waals surface area (Å²) in [5.74, 6) is 1.31. The first-order valence-corrected chi connectivity index (χ1v) is 7.69. The van der Waals surface area contributed by atoms with Crippen molar-refractivity contribution in [3.8, 4) is 11.6 Å². The van der Waals surface area contributed by atoms with Crippen LogP contribution in [0.15, 0.2) is 48.5 Å². The zero-order valence-corrected chi connectivity index (χ0v) is 13.5. The van der Waals surface area contributed by atoms with Crippen molar-refractivity contribution < 1.29 is 4.74 Å². The number of para-hydroxylation sites is 1.